The first-order valence-electron chi connectivity index (χ1n) is 8.76. The topological polar surface area (TPSA) is 32.5 Å². The van der Waals surface area contributed by atoms with E-state index in [2.05, 4.69) is 30.8 Å². The highest BCUT2D eigenvalue weighted by Crippen LogP contribution is 2.21. The summed E-state index contributed by atoms with van der Waals surface area (Å²) in [6, 6.07) is 0.636. The fourth-order valence-corrected chi connectivity index (χ4v) is 3.45. The van der Waals surface area contributed by atoms with Crippen LogP contribution in [-0.4, -0.2) is 56.1 Å². The van der Waals surface area contributed by atoms with Crippen LogP contribution in [0.5, 0.6) is 0 Å². The second-order valence-corrected chi connectivity index (χ2v) is 6.83. The summed E-state index contributed by atoms with van der Waals surface area (Å²) in [5.41, 5.74) is 6.01. The Morgan fingerprint density at radius 1 is 1.10 bits per heavy atom. The largest absolute Gasteiger partial charge is 0.329 e. The highest BCUT2D eigenvalue weighted by Gasteiger charge is 2.24. The summed E-state index contributed by atoms with van der Waals surface area (Å²) in [6.07, 6.45) is 10.9. The number of hydrogen-bond donors (Lipinski definition) is 1. The van der Waals surface area contributed by atoms with Crippen LogP contribution in [0.2, 0.25) is 0 Å². The van der Waals surface area contributed by atoms with E-state index in [1.165, 1.54) is 71.0 Å². The zero-order valence-electron chi connectivity index (χ0n) is 14.1. The molecular weight excluding hydrogens is 246 g/mol. The van der Waals surface area contributed by atoms with Gasteiger partial charge in [-0.1, -0.05) is 39.0 Å². The molecule has 3 nitrogen and oxygen atoms in total. The molecule has 1 fully saturated rings. The van der Waals surface area contributed by atoms with Gasteiger partial charge in [0.25, 0.3) is 0 Å². The van der Waals surface area contributed by atoms with E-state index in [4.69, 9.17) is 5.73 Å². The molecule has 3 heteroatoms. The summed E-state index contributed by atoms with van der Waals surface area (Å²) < 4.78 is 0. The van der Waals surface area contributed by atoms with Crippen LogP contribution in [0.1, 0.15) is 58.3 Å². The first kappa shape index (κ1) is 17.9. The molecule has 0 aromatic rings. The normalized spacial score (nSPS) is 19.6. The molecular formula is C17H37N3. The fraction of sp³-hybridized carbons (Fsp3) is 1.00. The second kappa shape index (κ2) is 10.6. The molecule has 0 spiro atoms. The number of piperidine rings is 1. The third-order valence-corrected chi connectivity index (χ3v) is 4.70. The molecule has 1 rings (SSSR count). The maximum atomic E-state index is 6.01. The molecule has 0 amide bonds. The van der Waals surface area contributed by atoms with Gasteiger partial charge in [0, 0.05) is 19.1 Å². The second-order valence-electron chi connectivity index (χ2n) is 6.83. The minimum atomic E-state index is 0.636. The lowest BCUT2D eigenvalue weighted by molar-refractivity contribution is 0.116. The lowest BCUT2D eigenvalue weighted by Gasteiger charge is -2.38. The predicted molar refractivity (Wildman–Crippen MR) is 89.1 cm³/mol. The number of likely N-dealkylation sites (tertiary alicyclic amines) is 1. The monoisotopic (exact) mass is 283 g/mol. The third-order valence-electron chi connectivity index (χ3n) is 4.70. The van der Waals surface area contributed by atoms with Gasteiger partial charge in [-0.25, -0.2) is 0 Å². The molecule has 2 N–H and O–H groups in total. The molecule has 0 aliphatic carbocycles. The van der Waals surface area contributed by atoms with Gasteiger partial charge in [0.1, 0.15) is 0 Å². The van der Waals surface area contributed by atoms with Gasteiger partial charge in [-0.15, -0.1) is 0 Å². The first-order chi connectivity index (χ1) is 9.67. The Hall–Kier alpha value is -0.120. The molecule has 1 unspecified atom stereocenters. The van der Waals surface area contributed by atoms with Gasteiger partial charge in [-0.05, 0) is 52.4 Å². The van der Waals surface area contributed by atoms with E-state index in [0.717, 1.165) is 12.5 Å². The fourth-order valence-electron chi connectivity index (χ4n) is 3.45. The van der Waals surface area contributed by atoms with Gasteiger partial charge < -0.3 is 10.6 Å². The first-order valence-corrected chi connectivity index (χ1v) is 8.76. The van der Waals surface area contributed by atoms with Gasteiger partial charge >= 0.3 is 0 Å². The zero-order valence-corrected chi connectivity index (χ0v) is 14.1. The molecule has 0 saturated carbocycles. The van der Waals surface area contributed by atoms with E-state index in [1.54, 1.807) is 0 Å². The van der Waals surface area contributed by atoms with Gasteiger partial charge in [-0.3, -0.25) is 4.90 Å². The molecule has 1 aliphatic heterocycles. The minimum absolute atomic E-state index is 0.636. The maximum absolute atomic E-state index is 6.01. The van der Waals surface area contributed by atoms with Crippen molar-refractivity contribution >= 4 is 0 Å². The Morgan fingerprint density at radius 2 is 1.75 bits per heavy atom. The van der Waals surface area contributed by atoms with Gasteiger partial charge in [0.05, 0.1) is 0 Å². The number of unbranched alkanes of at least 4 members (excludes halogenated alkanes) is 4. The number of nitrogens with two attached hydrogens (primary N) is 1. The van der Waals surface area contributed by atoms with Crippen molar-refractivity contribution in [2.24, 2.45) is 11.7 Å². The zero-order chi connectivity index (χ0) is 14.8. The lowest BCUT2D eigenvalue weighted by atomic mass is 9.94. The molecule has 0 aromatic heterocycles. The summed E-state index contributed by atoms with van der Waals surface area (Å²) in [6.45, 7) is 6.88. The van der Waals surface area contributed by atoms with Gasteiger partial charge in [0.15, 0.2) is 0 Å². The van der Waals surface area contributed by atoms with Crippen molar-refractivity contribution in [2.45, 2.75) is 64.3 Å². The Balaban J connectivity index is 2.19. The maximum Gasteiger partial charge on any atom is 0.0218 e. The van der Waals surface area contributed by atoms with E-state index in [0.29, 0.717) is 6.04 Å². The van der Waals surface area contributed by atoms with Crippen molar-refractivity contribution < 1.29 is 0 Å². The Morgan fingerprint density at radius 3 is 2.30 bits per heavy atom. The summed E-state index contributed by atoms with van der Waals surface area (Å²) in [5, 5.41) is 0. The summed E-state index contributed by atoms with van der Waals surface area (Å²) >= 11 is 0. The van der Waals surface area contributed by atoms with E-state index >= 15 is 0 Å². The van der Waals surface area contributed by atoms with E-state index < -0.39 is 0 Å². The predicted octanol–water partition coefficient (Wildman–Crippen LogP) is 2.95. The van der Waals surface area contributed by atoms with E-state index in [-0.39, 0.29) is 0 Å². The van der Waals surface area contributed by atoms with Crippen molar-refractivity contribution in [3.05, 3.63) is 0 Å². The highest BCUT2D eigenvalue weighted by atomic mass is 15.2. The standard InChI is InChI=1S/C17H37N3/c1-4-5-6-7-8-9-17(14-18)20-12-10-16(11-13-20)15-19(2)3/h16-17H,4-15,18H2,1-3H3. The smallest absolute Gasteiger partial charge is 0.0218 e. The van der Waals surface area contributed by atoms with Crippen molar-refractivity contribution in [1.29, 1.82) is 0 Å². The average Bonchev–Trinajstić information content (AvgIpc) is 2.43. The Kier molecular flexibility index (Phi) is 9.49. The van der Waals surface area contributed by atoms with Crippen LogP contribution in [0.25, 0.3) is 0 Å². The Bertz CT molecular complexity index is 222. The Labute approximate surface area is 126 Å². The third kappa shape index (κ3) is 7.05. The SMILES string of the molecule is CCCCCCCC(CN)N1CCC(CN(C)C)CC1. The van der Waals surface area contributed by atoms with E-state index in [1.807, 2.05) is 0 Å². The summed E-state index contributed by atoms with van der Waals surface area (Å²) in [4.78, 5) is 4.99. The lowest BCUT2D eigenvalue weighted by Crippen LogP contribution is -2.46. The molecule has 1 saturated heterocycles. The van der Waals surface area contributed by atoms with Crippen molar-refractivity contribution in [3.8, 4) is 0 Å². The van der Waals surface area contributed by atoms with Crippen LogP contribution >= 0.6 is 0 Å². The van der Waals surface area contributed by atoms with Crippen molar-refractivity contribution in [3.63, 3.8) is 0 Å². The number of hydrogen-bond acceptors (Lipinski definition) is 3. The summed E-state index contributed by atoms with van der Waals surface area (Å²) in [7, 11) is 4.37. The molecule has 0 radical (unpaired) electrons. The van der Waals surface area contributed by atoms with Crippen molar-refractivity contribution in [1.82, 2.24) is 9.80 Å². The molecule has 0 aromatic carbocycles. The minimum Gasteiger partial charge on any atom is -0.329 e. The van der Waals surface area contributed by atoms with Crippen LogP contribution in [-0.2, 0) is 0 Å². The number of rotatable bonds is 10. The molecule has 1 atom stereocenters. The highest BCUT2D eigenvalue weighted by molar-refractivity contribution is 4.80. The van der Waals surface area contributed by atoms with Gasteiger partial charge in [-0.2, -0.15) is 0 Å². The quantitative estimate of drug-likeness (QED) is 0.626. The molecule has 0 bridgehead atoms. The van der Waals surface area contributed by atoms with Crippen LogP contribution in [0.15, 0.2) is 0 Å². The molecule has 20 heavy (non-hydrogen) atoms. The van der Waals surface area contributed by atoms with Crippen LogP contribution < -0.4 is 5.73 Å². The number of nitrogens with zero attached hydrogens (tertiary/aromatic N) is 2. The molecule has 1 aliphatic rings. The van der Waals surface area contributed by atoms with Gasteiger partial charge in [0.2, 0.25) is 0 Å². The van der Waals surface area contributed by atoms with Crippen LogP contribution in [0.3, 0.4) is 0 Å². The molecule has 1 heterocycles. The molecule has 120 valence electrons. The average molecular weight is 284 g/mol. The van der Waals surface area contributed by atoms with Crippen LogP contribution in [0, 0.1) is 5.92 Å². The van der Waals surface area contributed by atoms with E-state index in [9.17, 15) is 0 Å². The summed E-state index contributed by atoms with van der Waals surface area (Å²) in [5.74, 6) is 0.893. The van der Waals surface area contributed by atoms with Crippen molar-refractivity contribution in [2.75, 3.05) is 40.3 Å². The van der Waals surface area contributed by atoms with Crippen LogP contribution in [0.4, 0.5) is 0 Å².